The lowest BCUT2D eigenvalue weighted by molar-refractivity contribution is -0.142. The number of nitrogen functional groups attached to an aromatic ring is 1. The minimum Gasteiger partial charge on any atom is -0.395 e. The minimum absolute atomic E-state index is 0.0154. The lowest BCUT2D eigenvalue weighted by Gasteiger charge is -2.47. The van der Waals surface area contributed by atoms with Gasteiger partial charge in [-0.25, -0.2) is 0 Å². The van der Waals surface area contributed by atoms with E-state index in [1.807, 2.05) is 4.90 Å². The summed E-state index contributed by atoms with van der Waals surface area (Å²) in [5, 5.41) is 25.2. The van der Waals surface area contributed by atoms with Crippen LogP contribution < -0.4 is 21.3 Å². The number of aliphatic hydroxyl groups is 2. The third-order valence-corrected chi connectivity index (χ3v) is 4.79. The van der Waals surface area contributed by atoms with E-state index in [1.54, 1.807) is 6.07 Å². The highest BCUT2D eigenvalue weighted by atomic mass is 16.3. The van der Waals surface area contributed by atoms with E-state index >= 15 is 0 Å². The van der Waals surface area contributed by atoms with Crippen LogP contribution in [0.3, 0.4) is 0 Å². The number of aliphatic hydroxyl groups excluding tert-OH is 2. The molecule has 3 heterocycles. The summed E-state index contributed by atoms with van der Waals surface area (Å²) < 4.78 is 0. The Balaban J connectivity index is 1.84. The highest BCUT2D eigenvalue weighted by Gasteiger charge is 2.50. The predicted molar refractivity (Wildman–Crippen MR) is 89.5 cm³/mol. The Morgan fingerprint density at radius 3 is 3.08 bits per heavy atom. The van der Waals surface area contributed by atoms with E-state index in [-0.39, 0.29) is 18.5 Å². The molecule has 0 bridgehead atoms. The van der Waals surface area contributed by atoms with Gasteiger partial charge in [0.25, 0.3) is 0 Å². The molecule has 2 aliphatic heterocycles. The van der Waals surface area contributed by atoms with Gasteiger partial charge in [0.2, 0.25) is 11.9 Å². The highest BCUT2D eigenvalue weighted by molar-refractivity contribution is 5.85. The maximum atomic E-state index is 12.4. The quantitative estimate of drug-likeness (QED) is 0.469. The van der Waals surface area contributed by atoms with Gasteiger partial charge in [-0.1, -0.05) is 0 Å². The van der Waals surface area contributed by atoms with Gasteiger partial charge in [-0.3, -0.25) is 4.79 Å². The number of nitrogens with zero attached hydrogens (tertiary/aromatic N) is 3. The van der Waals surface area contributed by atoms with Crippen molar-refractivity contribution < 1.29 is 15.0 Å². The van der Waals surface area contributed by atoms with E-state index in [0.717, 1.165) is 6.42 Å². The van der Waals surface area contributed by atoms with Gasteiger partial charge in [0.15, 0.2) is 0 Å². The zero-order valence-electron chi connectivity index (χ0n) is 13.5. The summed E-state index contributed by atoms with van der Waals surface area (Å²) in [6.45, 7) is 1.99. The zero-order chi connectivity index (χ0) is 17.2. The van der Waals surface area contributed by atoms with Gasteiger partial charge in [0.1, 0.15) is 11.6 Å². The first-order chi connectivity index (χ1) is 11.5. The van der Waals surface area contributed by atoms with Crippen LogP contribution in [0.2, 0.25) is 0 Å². The fourth-order valence-electron chi connectivity index (χ4n) is 3.53. The van der Waals surface area contributed by atoms with Crippen LogP contribution in [-0.4, -0.2) is 65.0 Å². The molecule has 132 valence electrons. The highest BCUT2D eigenvalue weighted by Crippen LogP contribution is 2.38. The molecular formula is C15H24N6O3. The van der Waals surface area contributed by atoms with Crippen molar-refractivity contribution in [3.63, 3.8) is 0 Å². The van der Waals surface area contributed by atoms with E-state index in [0.29, 0.717) is 50.7 Å². The maximum Gasteiger partial charge on any atom is 0.230 e. The van der Waals surface area contributed by atoms with Crippen LogP contribution in [0.4, 0.5) is 17.6 Å². The number of carbonyl (C=O) groups excluding carboxylic acids is 1. The van der Waals surface area contributed by atoms with Crippen molar-refractivity contribution in [2.45, 2.75) is 25.4 Å². The van der Waals surface area contributed by atoms with Crippen molar-refractivity contribution in [3.05, 3.63) is 6.07 Å². The molecule has 1 amide bonds. The van der Waals surface area contributed by atoms with Crippen molar-refractivity contribution in [2.24, 2.45) is 5.41 Å². The number of rotatable bonds is 4. The third kappa shape index (κ3) is 3.09. The Morgan fingerprint density at radius 1 is 1.50 bits per heavy atom. The van der Waals surface area contributed by atoms with E-state index in [9.17, 15) is 9.90 Å². The number of carbonyl (C=O) groups is 1. The average molecular weight is 336 g/mol. The molecule has 1 spiro atoms. The molecule has 0 saturated carbocycles. The van der Waals surface area contributed by atoms with Crippen molar-refractivity contribution in [1.29, 1.82) is 0 Å². The topological polar surface area (TPSA) is 137 Å². The number of nitrogens with one attached hydrogen (secondary N) is 2. The van der Waals surface area contributed by atoms with E-state index in [2.05, 4.69) is 20.6 Å². The van der Waals surface area contributed by atoms with Gasteiger partial charge in [0.05, 0.1) is 18.1 Å². The second kappa shape index (κ2) is 6.78. The van der Waals surface area contributed by atoms with Crippen LogP contribution in [0, 0.1) is 5.41 Å². The third-order valence-electron chi connectivity index (χ3n) is 4.79. The van der Waals surface area contributed by atoms with Gasteiger partial charge < -0.3 is 31.5 Å². The normalized spacial score (nSPS) is 27.2. The van der Waals surface area contributed by atoms with Crippen LogP contribution in [0.25, 0.3) is 0 Å². The summed E-state index contributed by atoms with van der Waals surface area (Å²) in [5.41, 5.74) is 4.99. The Morgan fingerprint density at radius 2 is 2.33 bits per heavy atom. The molecule has 0 radical (unpaired) electrons. The van der Waals surface area contributed by atoms with Crippen LogP contribution in [0.15, 0.2) is 6.07 Å². The van der Waals surface area contributed by atoms with Crippen LogP contribution in [0.1, 0.15) is 19.3 Å². The zero-order valence-corrected chi connectivity index (χ0v) is 13.5. The standard InChI is InChI=1S/C15H24N6O3/c16-14-19-11(17-5-7-22)8-12(20-14)21-6-2-10(23)15(9-21)3-1-4-18-13(15)24/h8,10,22-23H,1-7,9H2,(H,18,24)(H3,16,17,19,20)/t10-,15+/m0/s1. The molecule has 9 nitrogen and oxygen atoms in total. The number of hydrogen-bond donors (Lipinski definition) is 5. The number of aromatic nitrogens is 2. The summed E-state index contributed by atoms with van der Waals surface area (Å²) >= 11 is 0. The number of anilines is 3. The fraction of sp³-hybridized carbons (Fsp3) is 0.667. The second-order valence-corrected chi connectivity index (χ2v) is 6.36. The number of hydrogen-bond acceptors (Lipinski definition) is 8. The smallest absolute Gasteiger partial charge is 0.230 e. The van der Waals surface area contributed by atoms with E-state index in [4.69, 9.17) is 10.8 Å². The molecule has 2 fully saturated rings. The Bertz CT molecular complexity index is 613. The molecule has 0 aliphatic carbocycles. The summed E-state index contributed by atoms with van der Waals surface area (Å²) in [4.78, 5) is 22.8. The molecule has 0 unspecified atom stereocenters. The Labute approximate surface area is 140 Å². The molecular weight excluding hydrogens is 312 g/mol. The van der Waals surface area contributed by atoms with E-state index < -0.39 is 11.5 Å². The van der Waals surface area contributed by atoms with Crippen LogP contribution in [0.5, 0.6) is 0 Å². The monoisotopic (exact) mass is 336 g/mol. The van der Waals surface area contributed by atoms with Crippen molar-refractivity contribution in [2.75, 3.05) is 48.7 Å². The second-order valence-electron chi connectivity index (χ2n) is 6.36. The molecule has 2 aliphatic rings. The van der Waals surface area contributed by atoms with Gasteiger partial charge in [-0.15, -0.1) is 0 Å². The summed E-state index contributed by atoms with van der Waals surface area (Å²) in [6.07, 6.45) is 1.36. The Kier molecular flexibility index (Phi) is 4.72. The number of piperidine rings is 2. The summed E-state index contributed by atoms with van der Waals surface area (Å²) in [6, 6.07) is 1.75. The van der Waals surface area contributed by atoms with Gasteiger partial charge in [-0.2, -0.15) is 9.97 Å². The molecule has 2 atom stereocenters. The van der Waals surface area contributed by atoms with Gasteiger partial charge in [0, 0.05) is 32.2 Å². The minimum atomic E-state index is -0.797. The first-order valence-corrected chi connectivity index (χ1v) is 8.26. The molecule has 3 rings (SSSR count). The van der Waals surface area contributed by atoms with Crippen molar-refractivity contribution in [1.82, 2.24) is 15.3 Å². The molecule has 1 aromatic heterocycles. The molecule has 2 saturated heterocycles. The lowest BCUT2D eigenvalue weighted by Crippen LogP contribution is -2.61. The summed E-state index contributed by atoms with van der Waals surface area (Å²) in [7, 11) is 0. The molecule has 1 aromatic rings. The fourth-order valence-corrected chi connectivity index (χ4v) is 3.53. The largest absolute Gasteiger partial charge is 0.395 e. The van der Waals surface area contributed by atoms with Crippen molar-refractivity contribution in [3.8, 4) is 0 Å². The van der Waals surface area contributed by atoms with Crippen LogP contribution >= 0.6 is 0 Å². The van der Waals surface area contributed by atoms with Crippen LogP contribution in [-0.2, 0) is 4.79 Å². The lowest BCUT2D eigenvalue weighted by atomic mass is 9.71. The first kappa shape index (κ1) is 16.7. The predicted octanol–water partition coefficient (Wildman–Crippen LogP) is -1.07. The number of amides is 1. The molecule has 9 heteroatoms. The molecule has 24 heavy (non-hydrogen) atoms. The first-order valence-electron chi connectivity index (χ1n) is 8.26. The van der Waals surface area contributed by atoms with E-state index in [1.165, 1.54) is 0 Å². The van der Waals surface area contributed by atoms with Gasteiger partial charge >= 0.3 is 0 Å². The van der Waals surface area contributed by atoms with Crippen molar-refractivity contribution >= 4 is 23.5 Å². The van der Waals surface area contributed by atoms with Gasteiger partial charge in [-0.05, 0) is 19.3 Å². The maximum absolute atomic E-state index is 12.4. The average Bonchev–Trinajstić information content (AvgIpc) is 2.57. The summed E-state index contributed by atoms with van der Waals surface area (Å²) in [5.74, 6) is 1.18. The Hall–Kier alpha value is -2.13. The molecule has 0 aromatic carbocycles. The SMILES string of the molecule is Nc1nc(NCCO)cc(N2CC[C@H](O)[C@@]3(CCCNC3=O)C2)n1. The number of nitrogens with two attached hydrogens (primary N) is 1. The molecule has 6 N–H and O–H groups in total.